The molecule has 0 radical (unpaired) electrons. The Labute approximate surface area is 68.4 Å². The van der Waals surface area contributed by atoms with E-state index < -0.39 is 0 Å². The van der Waals surface area contributed by atoms with E-state index in [2.05, 4.69) is 4.99 Å². The van der Waals surface area contributed by atoms with Gasteiger partial charge in [-0.05, 0) is 0 Å². The van der Waals surface area contributed by atoms with Gasteiger partial charge >= 0.3 is 0 Å². The summed E-state index contributed by atoms with van der Waals surface area (Å²) >= 11 is 0. The smallest absolute Gasteiger partial charge is 0.161 e. The van der Waals surface area contributed by atoms with E-state index in [1.54, 1.807) is 12.4 Å². The van der Waals surface area contributed by atoms with Crippen LogP contribution >= 0.6 is 0 Å². The van der Waals surface area contributed by atoms with Crippen molar-refractivity contribution in [1.82, 2.24) is 4.90 Å². The lowest BCUT2D eigenvalue weighted by atomic mass is 10.8. The Balaban J connectivity index is 0. The number of hydrogen-bond acceptors (Lipinski definition) is 3. The highest BCUT2D eigenvalue weighted by Gasteiger charge is 1.70. The van der Waals surface area contributed by atoms with Crippen molar-refractivity contribution in [3.05, 3.63) is 12.4 Å². The molecule has 0 aromatic heterocycles. The molecule has 0 N–H and O–H groups in total. The van der Waals surface area contributed by atoms with Crippen LogP contribution in [0.25, 0.3) is 0 Å². The topological polar surface area (TPSA) is 32.7 Å². The molecule has 0 saturated heterocycles. The molecule has 0 aliphatic heterocycles. The van der Waals surface area contributed by atoms with E-state index in [0.717, 1.165) is 0 Å². The van der Waals surface area contributed by atoms with Gasteiger partial charge in [0.25, 0.3) is 0 Å². The zero-order valence-corrected chi connectivity index (χ0v) is 7.61. The quantitative estimate of drug-likeness (QED) is 0.456. The minimum Gasteiger partial charge on any atom is -0.382 e. The first-order valence-electron chi connectivity index (χ1n) is 3.57. The highest BCUT2D eigenvalue weighted by Crippen LogP contribution is 1.76. The molecule has 11 heavy (non-hydrogen) atoms. The first kappa shape index (κ1) is 12.5. The molecule has 0 bridgehead atoms. The van der Waals surface area contributed by atoms with Gasteiger partial charge in [-0.25, -0.2) is 0 Å². The molecule has 0 unspecified atom stereocenters. The van der Waals surface area contributed by atoms with Crippen molar-refractivity contribution in [2.75, 3.05) is 14.1 Å². The maximum absolute atomic E-state index is 9.65. The van der Waals surface area contributed by atoms with Crippen molar-refractivity contribution in [3.63, 3.8) is 0 Å². The Morgan fingerprint density at radius 1 is 1.27 bits per heavy atom. The van der Waals surface area contributed by atoms with Crippen LogP contribution in [0.2, 0.25) is 0 Å². The number of hydrogen-bond donors (Lipinski definition) is 0. The average Bonchev–Trinajstić information content (AvgIpc) is 2.02. The van der Waals surface area contributed by atoms with Gasteiger partial charge in [0, 0.05) is 26.5 Å². The molecule has 64 valence electrons. The van der Waals surface area contributed by atoms with E-state index in [1.165, 1.54) is 6.21 Å². The van der Waals surface area contributed by atoms with Crippen LogP contribution in [0.15, 0.2) is 17.4 Å². The summed E-state index contributed by atoms with van der Waals surface area (Å²) in [6.07, 6.45) is 5.13. The first-order chi connectivity index (χ1) is 5.27. The van der Waals surface area contributed by atoms with Crippen LogP contribution in [0.1, 0.15) is 13.8 Å². The summed E-state index contributed by atoms with van der Waals surface area (Å²) in [6.45, 7) is 4.00. The summed E-state index contributed by atoms with van der Waals surface area (Å²) in [5.41, 5.74) is 0. The summed E-state index contributed by atoms with van der Waals surface area (Å²) in [6, 6.07) is 0. The van der Waals surface area contributed by atoms with Gasteiger partial charge in [0.15, 0.2) is 6.29 Å². The molecular weight excluding hydrogens is 140 g/mol. The summed E-state index contributed by atoms with van der Waals surface area (Å²) in [7, 11) is 3.76. The van der Waals surface area contributed by atoms with E-state index in [4.69, 9.17) is 0 Å². The molecule has 0 aromatic carbocycles. The van der Waals surface area contributed by atoms with Crippen LogP contribution in [-0.2, 0) is 4.79 Å². The van der Waals surface area contributed by atoms with E-state index in [0.29, 0.717) is 6.29 Å². The predicted octanol–water partition coefficient (Wildman–Crippen LogP) is 1.32. The van der Waals surface area contributed by atoms with Crippen LogP contribution < -0.4 is 0 Å². The monoisotopic (exact) mass is 156 g/mol. The number of rotatable bonds is 3. The Hall–Kier alpha value is -1.12. The molecule has 0 rings (SSSR count). The average molecular weight is 156 g/mol. The number of aliphatic imine (C=N–C) groups is 1. The third-order valence-corrected chi connectivity index (χ3v) is 0.598. The second-order valence-electron chi connectivity index (χ2n) is 1.70. The van der Waals surface area contributed by atoms with Crippen molar-refractivity contribution in [1.29, 1.82) is 0 Å². The largest absolute Gasteiger partial charge is 0.382 e. The summed E-state index contributed by atoms with van der Waals surface area (Å²) in [4.78, 5) is 15.1. The molecule has 0 aliphatic carbocycles. The molecular formula is C8H16N2O. The SMILES string of the molecule is CC.CN(C)/C=C\N=CC=O. The van der Waals surface area contributed by atoms with Crippen molar-refractivity contribution in [2.24, 2.45) is 4.99 Å². The summed E-state index contributed by atoms with van der Waals surface area (Å²) < 4.78 is 0. The maximum Gasteiger partial charge on any atom is 0.161 e. The molecule has 0 fully saturated rings. The molecule has 3 heteroatoms. The zero-order chi connectivity index (χ0) is 9.11. The van der Waals surface area contributed by atoms with Crippen molar-refractivity contribution in [2.45, 2.75) is 13.8 Å². The molecule has 0 aliphatic rings. The molecule has 3 nitrogen and oxygen atoms in total. The fourth-order valence-corrected chi connectivity index (χ4v) is 0.257. The van der Waals surface area contributed by atoms with Crippen LogP contribution in [0.4, 0.5) is 0 Å². The fourth-order valence-electron chi connectivity index (χ4n) is 0.257. The minimum absolute atomic E-state index is 0.639. The van der Waals surface area contributed by atoms with E-state index >= 15 is 0 Å². The lowest BCUT2D eigenvalue weighted by Crippen LogP contribution is -1.99. The first-order valence-corrected chi connectivity index (χ1v) is 3.57. The van der Waals surface area contributed by atoms with E-state index in [9.17, 15) is 4.79 Å². The normalized spacial score (nSPS) is 9.45. The van der Waals surface area contributed by atoms with Gasteiger partial charge in [-0.3, -0.25) is 9.79 Å². The van der Waals surface area contributed by atoms with Gasteiger partial charge < -0.3 is 4.90 Å². The van der Waals surface area contributed by atoms with Crippen molar-refractivity contribution < 1.29 is 4.79 Å². The van der Waals surface area contributed by atoms with Crippen LogP contribution in [0.3, 0.4) is 0 Å². The molecule has 0 aromatic rings. The molecule has 0 atom stereocenters. The van der Waals surface area contributed by atoms with Crippen LogP contribution in [0.5, 0.6) is 0 Å². The predicted molar refractivity (Wildman–Crippen MR) is 48.7 cm³/mol. The van der Waals surface area contributed by atoms with Gasteiger partial charge in [0.1, 0.15) is 0 Å². The molecule has 0 amide bonds. The fraction of sp³-hybridized carbons (Fsp3) is 0.500. The highest BCUT2D eigenvalue weighted by atomic mass is 16.1. The van der Waals surface area contributed by atoms with Crippen LogP contribution in [0, 0.1) is 0 Å². The van der Waals surface area contributed by atoms with Gasteiger partial charge in [0.05, 0.1) is 6.21 Å². The Morgan fingerprint density at radius 2 is 1.82 bits per heavy atom. The molecule has 0 saturated carbocycles. The second kappa shape index (κ2) is 11.6. The molecule has 0 heterocycles. The Bertz CT molecular complexity index is 128. The highest BCUT2D eigenvalue weighted by molar-refractivity contribution is 6.13. The standard InChI is InChI=1S/C6H10N2O.C2H6/c1-8(2)5-3-7-4-6-9;1-2/h3-6H,1-2H3;1-2H3/b5-3-,7-4?;. The van der Waals surface area contributed by atoms with Crippen molar-refractivity contribution >= 4 is 12.5 Å². The van der Waals surface area contributed by atoms with E-state index in [1.807, 2.05) is 32.8 Å². The van der Waals surface area contributed by atoms with Gasteiger partial charge in [0.2, 0.25) is 0 Å². The lowest BCUT2D eigenvalue weighted by Gasteiger charge is -1.99. The second-order valence-corrected chi connectivity index (χ2v) is 1.70. The lowest BCUT2D eigenvalue weighted by molar-refractivity contribution is -0.102. The number of carbonyl (C=O) groups excluding carboxylic acids is 1. The summed E-state index contributed by atoms with van der Waals surface area (Å²) in [5, 5.41) is 0. The maximum atomic E-state index is 9.65. The number of carbonyl (C=O) groups is 1. The Morgan fingerprint density at radius 3 is 2.18 bits per heavy atom. The minimum atomic E-state index is 0.639. The molecule has 0 spiro atoms. The van der Waals surface area contributed by atoms with Crippen molar-refractivity contribution in [3.8, 4) is 0 Å². The van der Waals surface area contributed by atoms with Gasteiger partial charge in [-0.1, -0.05) is 13.8 Å². The van der Waals surface area contributed by atoms with E-state index in [-0.39, 0.29) is 0 Å². The van der Waals surface area contributed by atoms with Crippen LogP contribution in [-0.4, -0.2) is 31.5 Å². The summed E-state index contributed by atoms with van der Waals surface area (Å²) in [5.74, 6) is 0. The third kappa shape index (κ3) is 17.7. The number of nitrogens with zero attached hydrogens (tertiary/aromatic N) is 2. The zero-order valence-electron chi connectivity index (χ0n) is 7.61. The third-order valence-electron chi connectivity index (χ3n) is 0.598. The van der Waals surface area contributed by atoms with Gasteiger partial charge in [-0.2, -0.15) is 0 Å². The number of aldehydes is 1. The van der Waals surface area contributed by atoms with Gasteiger partial charge in [-0.15, -0.1) is 0 Å². The Kier molecular flexibility index (Phi) is 13.3.